The lowest BCUT2D eigenvalue weighted by Gasteiger charge is -2.30. The second kappa shape index (κ2) is 5.41. The van der Waals surface area contributed by atoms with Crippen LogP contribution in [-0.4, -0.2) is 24.0 Å². The van der Waals surface area contributed by atoms with Gasteiger partial charge in [0.15, 0.2) is 11.6 Å². The van der Waals surface area contributed by atoms with Gasteiger partial charge in [0, 0.05) is 25.2 Å². The van der Waals surface area contributed by atoms with Crippen molar-refractivity contribution in [3.8, 4) is 0 Å². The van der Waals surface area contributed by atoms with E-state index < -0.39 is 11.6 Å². The number of benzene rings is 1. The first-order chi connectivity index (χ1) is 9.56. The van der Waals surface area contributed by atoms with Crippen molar-refractivity contribution >= 4 is 0 Å². The van der Waals surface area contributed by atoms with Crippen LogP contribution in [0.25, 0.3) is 0 Å². The Morgan fingerprint density at radius 3 is 2.70 bits per heavy atom. The normalized spacial score (nSPS) is 32.1. The summed E-state index contributed by atoms with van der Waals surface area (Å²) in [6.07, 6.45) is 3.59. The van der Waals surface area contributed by atoms with E-state index >= 15 is 0 Å². The highest BCUT2D eigenvalue weighted by Crippen LogP contribution is 2.39. The van der Waals surface area contributed by atoms with Gasteiger partial charge in [-0.15, -0.1) is 0 Å². The summed E-state index contributed by atoms with van der Waals surface area (Å²) < 4.78 is 26.4. The molecule has 1 aromatic rings. The van der Waals surface area contributed by atoms with Gasteiger partial charge in [-0.2, -0.15) is 0 Å². The van der Waals surface area contributed by atoms with Gasteiger partial charge in [0.25, 0.3) is 0 Å². The molecule has 2 fully saturated rings. The maximum atomic E-state index is 13.4. The monoisotopic (exact) mass is 280 g/mol. The second-order valence-corrected chi connectivity index (χ2v) is 6.32. The Morgan fingerprint density at radius 2 is 2.00 bits per heavy atom. The molecule has 2 N–H and O–H groups in total. The van der Waals surface area contributed by atoms with Gasteiger partial charge in [-0.3, -0.25) is 4.90 Å². The third-order valence-electron chi connectivity index (χ3n) is 5.16. The Kier molecular flexibility index (Phi) is 3.78. The average molecular weight is 280 g/mol. The summed E-state index contributed by atoms with van der Waals surface area (Å²) in [4.78, 5) is 2.37. The molecule has 0 radical (unpaired) electrons. The Labute approximate surface area is 118 Å². The molecule has 4 heteroatoms. The van der Waals surface area contributed by atoms with Gasteiger partial charge in [-0.05, 0) is 49.3 Å². The summed E-state index contributed by atoms with van der Waals surface area (Å²) in [6, 6.07) is 4.64. The zero-order valence-electron chi connectivity index (χ0n) is 11.9. The lowest BCUT2D eigenvalue weighted by atomic mass is 9.78. The molecule has 4 unspecified atom stereocenters. The summed E-state index contributed by atoms with van der Waals surface area (Å²) in [6.45, 7) is 4.07. The van der Waals surface area contributed by atoms with Gasteiger partial charge in [-0.25, -0.2) is 8.78 Å². The molecule has 0 bridgehead atoms. The third-order valence-corrected chi connectivity index (χ3v) is 5.16. The van der Waals surface area contributed by atoms with E-state index in [0.717, 1.165) is 25.1 Å². The molecule has 4 atom stereocenters. The van der Waals surface area contributed by atoms with Gasteiger partial charge in [0.1, 0.15) is 0 Å². The minimum Gasteiger partial charge on any atom is -0.327 e. The minimum absolute atomic E-state index is 0.114. The van der Waals surface area contributed by atoms with Crippen LogP contribution in [0.5, 0.6) is 0 Å². The van der Waals surface area contributed by atoms with Gasteiger partial charge in [0.05, 0.1) is 0 Å². The van der Waals surface area contributed by atoms with Crippen molar-refractivity contribution < 1.29 is 8.78 Å². The first-order valence-corrected chi connectivity index (χ1v) is 7.51. The minimum atomic E-state index is -0.780. The first-order valence-electron chi connectivity index (χ1n) is 7.51. The number of hydrogen-bond donors (Lipinski definition) is 1. The Hall–Kier alpha value is -1.00. The number of likely N-dealkylation sites (tertiary alicyclic amines) is 1. The van der Waals surface area contributed by atoms with Crippen LogP contribution in [0.4, 0.5) is 8.78 Å². The molecule has 20 heavy (non-hydrogen) atoms. The van der Waals surface area contributed by atoms with Crippen molar-refractivity contribution in [1.82, 2.24) is 4.90 Å². The van der Waals surface area contributed by atoms with Crippen molar-refractivity contribution in [2.45, 2.75) is 38.3 Å². The van der Waals surface area contributed by atoms with E-state index in [0.29, 0.717) is 17.9 Å². The molecule has 1 heterocycles. The number of nitrogens with two attached hydrogens (primary N) is 1. The highest BCUT2D eigenvalue weighted by molar-refractivity contribution is 5.21. The fraction of sp³-hybridized carbons (Fsp3) is 0.625. The van der Waals surface area contributed by atoms with E-state index in [-0.39, 0.29) is 6.04 Å². The molecule has 110 valence electrons. The van der Waals surface area contributed by atoms with E-state index in [2.05, 4.69) is 11.8 Å². The average Bonchev–Trinajstić information content (AvgIpc) is 2.86. The van der Waals surface area contributed by atoms with Gasteiger partial charge in [0.2, 0.25) is 0 Å². The van der Waals surface area contributed by atoms with Crippen LogP contribution >= 0.6 is 0 Å². The zero-order chi connectivity index (χ0) is 14.3. The molecule has 0 amide bonds. The maximum Gasteiger partial charge on any atom is 0.159 e. The number of rotatable bonds is 2. The van der Waals surface area contributed by atoms with Crippen molar-refractivity contribution in [2.75, 3.05) is 13.1 Å². The van der Waals surface area contributed by atoms with E-state index in [1.807, 2.05) is 0 Å². The van der Waals surface area contributed by atoms with Crippen LogP contribution in [0, 0.1) is 23.5 Å². The summed E-state index contributed by atoms with van der Waals surface area (Å²) in [7, 11) is 0. The van der Waals surface area contributed by atoms with Crippen LogP contribution in [0.1, 0.15) is 37.8 Å². The summed E-state index contributed by atoms with van der Waals surface area (Å²) in [5, 5.41) is 0. The first kappa shape index (κ1) is 14.0. The Balaban J connectivity index is 1.74. The van der Waals surface area contributed by atoms with Crippen LogP contribution < -0.4 is 5.73 Å². The SMILES string of the molecule is CC(c1ccc(F)c(F)c1)N1CC2CCCC(N)C2C1. The topological polar surface area (TPSA) is 29.3 Å². The van der Waals surface area contributed by atoms with Crippen molar-refractivity contribution in [3.05, 3.63) is 35.4 Å². The van der Waals surface area contributed by atoms with E-state index in [1.54, 1.807) is 6.07 Å². The molecule has 0 spiro atoms. The number of hydrogen-bond acceptors (Lipinski definition) is 2. The summed E-state index contributed by atoms with van der Waals surface area (Å²) in [5.41, 5.74) is 7.07. The number of fused-ring (bicyclic) bond motifs is 1. The molecule has 1 saturated carbocycles. The van der Waals surface area contributed by atoms with Gasteiger partial charge < -0.3 is 5.73 Å². The fourth-order valence-electron chi connectivity index (χ4n) is 3.85. The lowest BCUT2D eigenvalue weighted by Crippen LogP contribution is -2.38. The molecule has 2 nitrogen and oxygen atoms in total. The molecule has 0 aromatic heterocycles. The zero-order valence-corrected chi connectivity index (χ0v) is 11.9. The van der Waals surface area contributed by atoms with Crippen LogP contribution in [0.15, 0.2) is 18.2 Å². The quantitative estimate of drug-likeness (QED) is 0.902. The third kappa shape index (κ3) is 2.47. The Morgan fingerprint density at radius 1 is 1.20 bits per heavy atom. The summed E-state index contributed by atoms with van der Waals surface area (Å²) >= 11 is 0. The fourth-order valence-corrected chi connectivity index (χ4v) is 3.85. The molecule has 1 saturated heterocycles. The standard InChI is InChI=1S/C16H22F2N2/c1-10(11-5-6-14(17)15(18)7-11)20-8-12-3-2-4-16(19)13(12)9-20/h5-7,10,12-13,16H,2-4,8-9,19H2,1H3. The molecular formula is C16H22F2N2. The largest absolute Gasteiger partial charge is 0.327 e. The molecule has 1 aromatic carbocycles. The molecule has 2 aliphatic rings. The van der Waals surface area contributed by atoms with E-state index in [9.17, 15) is 8.78 Å². The van der Waals surface area contributed by atoms with Crippen molar-refractivity contribution in [2.24, 2.45) is 17.6 Å². The van der Waals surface area contributed by atoms with E-state index in [4.69, 9.17) is 5.73 Å². The second-order valence-electron chi connectivity index (χ2n) is 6.32. The van der Waals surface area contributed by atoms with Crippen LogP contribution in [0.3, 0.4) is 0 Å². The highest BCUT2D eigenvalue weighted by Gasteiger charge is 2.40. The maximum absolute atomic E-state index is 13.4. The van der Waals surface area contributed by atoms with Crippen LogP contribution in [-0.2, 0) is 0 Å². The van der Waals surface area contributed by atoms with Crippen LogP contribution in [0.2, 0.25) is 0 Å². The molecule has 1 aliphatic carbocycles. The highest BCUT2D eigenvalue weighted by atomic mass is 19.2. The van der Waals surface area contributed by atoms with Gasteiger partial charge >= 0.3 is 0 Å². The molecular weight excluding hydrogens is 258 g/mol. The Bertz CT molecular complexity index is 491. The summed E-state index contributed by atoms with van der Waals surface area (Å²) in [5.74, 6) is -0.302. The van der Waals surface area contributed by atoms with Gasteiger partial charge in [-0.1, -0.05) is 12.5 Å². The molecule has 1 aliphatic heterocycles. The lowest BCUT2D eigenvalue weighted by molar-refractivity contribution is 0.244. The molecule has 3 rings (SSSR count). The number of halogens is 2. The predicted molar refractivity (Wildman–Crippen MR) is 75.2 cm³/mol. The predicted octanol–water partition coefficient (Wildman–Crippen LogP) is 3.09. The van der Waals surface area contributed by atoms with E-state index in [1.165, 1.54) is 25.0 Å². The number of nitrogens with zero attached hydrogens (tertiary/aromatic N) is 1. The smallest absolute Gasteiger partial charge is 0.159 e. The van der Waals surface area contributed by atoms with Crippen molar-refractivity contribution in [1.29, 1.82) is 0 Å². The van der Waals surface area contributed by atoms with Crippen molar-refractivity contribution in [3.63, 3.8) is 0 Å².